The van der Waals surface area contributed by atoms with E-state index in [-0.39, 0.29) is 5.92 Å². The summed E-state index contributed by atoms with van der Waals surface area (Å²) in [5.74, 6) is 0.0195. The van der Waals surface area contributed by atoms with Gasteiger partial charge < -0.3 is 10.4 Å². The Morgan fingerprint density at radius 2 is 2.14 bits per heavy atom. The van der Waals surface area contributed by atoms with Crippen LogP contribution in [-0.2, 0) is 0 Å². The lowest BCUT2D eigenvalue weighted by molar-refractivity contribution is 0.0696. The zero-order chi connectivity index (χ0) is 15.0. The molecule has 2 heterocycles. The van der Waals surface area contributed by atoms with Crippen LogP contribution in [0, 0.1) is 0 Å². The fraction of sp³-hybridized carbons (Fsp3) is 0.625. The molecular weight excluding hydrogens is 266 g/mol. The molecule has 1 aromatic heterocycles. The summed E-state index contributed by atoms with van der Waals surface area (Å²) in [6, 6.07) is 4.49. The van der Waals surface area contributed by atoms with Crippen LogP contribution >= 0.6 is 0 Å². The lowest BCUT2D eigenvalue weighted by Crippen LogP contribution is -2.28. The molecule has 0 radical (unpaired) electrons. The molecule has 21 heavy (non-hydrogen) atoms. The van der Waals surface area contributed by atoms with Crippen molar-refractivity contribution < 1.29 is 9.90 Å². The number of aromatic carboxylic acids is 1. The molecule has 5 heteroatoms. The highest BCUT2D eigenvalue weighted by Crippen LogP contribution is 2.30. The third-order valence-corrected chi connectivity index (χ3v) is 4.32. The van der Waals surface area contributed by atoms with E-state index in [2.05, 4.69) is 15.2 Å². The van der Waals surface area contributed by atoms with Gasteiger partial charge in [-0.25, -0.2) is 9.78 Å². The van der Waals surface area contributed by atoms with E-state index in [0.29, 0.717) is 17.4 Å². The van der Waals surface area contributed by atoms with E-state index in [4.69, 9.17) is 0 Å². The normalized spacial score (nSPS) is 22.7. The molecule has 3 rings (SSSR count). The molecule has 2 aliphatic rings. The largest absolute Gasteiger partial charge is 0.478 e. The molecule has 1 aromatic rings. The number of nitrogens with zero attached hydrogens (tertiary/aromatic N) is 2. The average Bonchev–Trinajstić information content (AvgIpc) is 3.19. The van der Waals surface area contributed by atoms with Crippen LogP contribution in [-0.4, -0.2) is 46.1 Å². The monoisotopic (exact) mass is 289 g/mol. The zero-order valence-electron chi connectivity index (χ0n) is 12.7. The van der Waals surface area contributed by atoms with Gasteiger partial charge in [0.25, 0.3) is 0 Å². The smallest absolute Gasteiger partial charge is 0.335 e. The Morgan fingerprint density at radius 1 is 1.38 bits per heavy atom. The van der Waals surface area contributed by atoms with Crippen molar-refractivity contribution in [2.75, 3.05) is 18.4 Å². The van der Waals surface area contributed by atoms with Crippen LogP contribution in [0.3, 0.4) is 0 Å². The first-order valence-corrected chi connectivity index (χ1v) is 7.79. The van der Waals surface area contributed by atoms with Gasteiger partial charge in [0.2, 0.25) is 0 Å². The molecule has 1 unspecified atom stereocenters. The summed E-state index contributed by atoms with van der Waals surface area (Å²) >= 11 is 0. The standard InChI is InChI=1S/C16H23N3O2/c1-10(2)14-7-11(16(20)21)8-15(18-14)17-12-5-6-19(9-12)13-3-4-13/h7-8,10,12-13H,3-6,9H2,1-2H3,(H,17,18)(H,20,21). The number of carboxylic acid groups (broad SMARTS) is 1. The molecular formula is C16H23N3O2. The van der Waals surface area contributed by atoms with Crippen LogP contribution < -0.4 is 5.32 Å². The Kier molecular flexibility index (Phi) is 3.85. The summed E-state index contributed by atoms with van der Waals surface area (Å²) < 4.78 is 0. The number of likely N-dealkylation sites (tertiary alicyclic amines) is 1. The summed E-state index contributed by atoms with van der Waals surface area (Å²) in [7, 11) is 0. The van der Waals surface area contributed by atoms with Gasteiger partial charge >= 0.3 is 5.97 Å². The van der Waals surface area contributed by atoms with Gasteiger partial charge in [-0.15, -0.1) is 0 Å². The molecule has 114 valence electrons. The highest BCUT2D eigenvalue weighted by molar-refractivity contribution is 5.88. The average molecular weight is 289 g/mol. The third-order valence-electron chi connectivity index (χ3n) is 4.32. The maximum absolute atomic E-state index is 11.3. The Bertz CT molecular complexity index is 540. The summed E-state index contributed by atoms with van der Waals surface area (Å²) in [5.41, 5.74) is 1.14. The topological polar surface area (TPSA) is 65.5 Å². The first kappa shape index (κ1) is 14.3. The minimum atomic E-state index is -0.895. The number of carbonyl (C=O) groups is 1. The molecule has 1 atom stereocenters. The molecule has 1 aliphatic carbocycles. The van der Waals surface area contributed by atoms with Gasteiger partial charge in [0.1, 0.15) is 5.82 Å². The van der Waals surface area contributed by atoms with Crippen molar-refractivity contribution in [1.82, 2.24) is 9.88 Å². The second-order valence-electron chi connectivity index (χ2n) is 6.48. The van der Waals surface area contributed by atoms with E-state index in [9.17, 15) is 9.90 Å². The number of hydrogen-bond donors (Lipinski definition) is 2. The highest BCUT2D eigenvalue weighted by Gasteiger charge is 2.34. The Balaban J connectivity index is 1.73. The quantitative estimate of drug-likeness (QED) is 0.872. The van der Waals surface area contributed by atoms with Gasteiger partial charge in [0.15, 0.2) is 0 Å². The van der Waals surface area contributed by atoms with Crippen LogP contribution in [0.25, 0.3) is 0 Å². The zero-order valence-corrected chi connectivity index (χ0v) is 12.7. The SMILES string of the molecule is CC(C)c1cc(C(=O)O)cc(NC2CCN(C3CC3)C2)n1. The first-order valence-electron chi connectivity index (χ1n) is 7.79. The van der Waals surface area contributed by atoms with Crippen LogP contribution in [0.4, 0.5) is 5.82 Å². The van der Waals surface area contributed by atoms with Crippen molar-refractivity contribution in [1.29, 1.82) is 0 Å². The van der Waals surface area contributed by atoms with E-state index in [1.165, 1.54) is 12.8 Å². The second-order valence-corrected chi connectivity index (χ2v) is 6.48. The maximum Gasteiger partial charge on any atom is 0.335 e. The molecule has 2 N–H and O–H groups in total. The fourth-order valence-electron chi connectivity index (χ4n) is 2.93. The van der Waals surface area contributed by atoms with Crippen molar-refractivity contribution in [2.24, 2.45) is 0 Å². The number of nitrogens with one attached hydrogen (secondary N) is 1. The molecule has 1 saturated carbocycles. The summed E-state index contributed by atoms with van der Waals surface area (Å²) in [6.45, 7) is 6.24. The van der Waals surface area contributed by atoms with E-state index in [1.807, 2.05) is 13.8 Å². The molecule has 1 saturated heterocycles. The Morgan fingerprint density at radius 3 is 2.76 bits per heavy atom. The van der Waals surface area contributed by atoms with Crippen molar-refractivity contribution in [3.63, 3.8) is 0 Å². The van der Waals surface area contributed by atoms with Gasteiger partial charge in [0.05, 0.1) is 5.56 Å². The van der Waals surface area contributed by atoms with E-state index < -0.39 is 5.97 Å². The predicted molar refractivity (Wildman–Crippen MR) is 81.9 cm³/mol. The first-order chi connectivity index (χ1) is 10.0. The summed E-state index contributed by atoms with van der Waals surface area (Å²) in [6.07, 6.45) is 3.76. The highest BCUT2D eigenvalue weighted by atomic mass is 16.4. The number of carboxylic acids is 1. The lowest BCUT2D eigenvalue weighted by atomic mass is 10.1. The number of pyridine rings is 1. The number of hydrogen-bond acceptors (Lipinski definition) is 4. The van der Waals surface area contributed by atoms with Crippen molar-refractivity contribution in [2.45, 2.75) is 51.1 Å². The van der Waals surface area contributed by atoms with Crippen molar-refractivity contribution in [3.05, 3.63) is 23.4 Å². The number of rotatable bonds is 5. The minimum absolute atomic E-state index is 0.219. The van der Waals surface area contributed by atoms with Crippen LogP contribution in [0.2, 0.25) is 0 Å². The molecule has 0 aromatic carbocycles. The van der Waals surface area contributed by atoms with E-state index in [1.54, 1.807) is 12.1 Å². The predicted octanol–water partition coefficient (Wildman–Crippen LogP) is 2.55. The number of aromatic nitrogens is 1. The van der Waals surface area contributed by atoms with Gasteiger partial charge in [-0.3, -0.25) is 4.90 Å². The van der Waals surface area contributed by atoms with Gasteiger partial charge in [0, 0.05) is 30.9 Å². The second kappa shape index (κ2) is 5.64. The van der Waals surface area contributed by atoms with E-state index in [0.717, 1.165) is 31.2 Å². The molecule has 0 amide bonds. The summed E-state index contributed by atoms with van der Waals surface area (Å²) in [4.78, 5) is 18.4. The molecule has 0 spiro atoms. The number of anilines is 1. The van der Waals surface area contributed by atoms with Crippen molar-refractivity contribution in [3.8, 4) is 0 Å². The third kappa shape index (κ3) is 3.35. The van der Waals surface area contributed by atoms with Crippen LogP contribution in [0.5, 0.6) is 0 Å². The summed E-state index contributed by atoms with van der Waals surface area (Å²) in [5, 5.41) is 12.7. The molecule has 0 bridgehead atoms. The van der Waals surface area contributed by atoms with Gasteiger partial charge in [-0.1, -0.05) is 13.8 Å². The van der Waals surface area contributed by atoms with Crippen LogP contribution in [0.1, 0.15) is 55.1 Å². The van der Waals surface area contributed by atoms with Gasteiger partial charge in [-0.2, -0.15) is 0 Å². The maximum atomic E-state index is 11.3. The van der Waals surface area contributed by atoms with Crippen LogP contribution in [0.15, 0.2) is 12.1 Å². The molecule has 5 nitrogen and oxygen atoms in total. The lowest BCUT2D eigenvalue weighted by Gasteiger charge is -2.17. The Labute approximate surface area is 125 Å². The van der Waals surface area contributed by atoms with Crippen molar-refractivity contribution >= 4 is 11.8 Å². The fourth-order valence-corrected chi connectivity index (χ4v) is 2.93. The Hall–Kier alpha value is -1.62. The molecule has 1 aliphatic heterocycles. The molecule has 2 fully saturated rings. The van der Waals surface area contributed by atoms with E-state index >= 15 is 0 Å². The minimum Gasteiger partial charge on any atom is -0.478 e. The van der Waals surface area contributed by atoms with Gasteiger partial charge in [-0.05, 0) is 37.3 Å².